The number of piperidine rings is 1. The summed E-state index contributed by atoms with van der Waals surface area (Å²) in [7, 11) is 0. The number of likely N-dealkylation sites (tertiary alicyclic amines) is 1. The highest BCUT2D eigenvalue weighted by molar-refractivity contribution is 5.95. The third-order valence-electron chi connectivity index (χ3n) is 6.29. The molecule has 0 spiro atoms. The predicted octanol–water partition coefficient (Wildman–Crippen LogP) is 4.49. The molecule has 5 nitrogen and oxygen atoms in total. The van der Waals surface area contributed by atoms with Crippen LogP contribution in [0.2, 0.25) is 0 Å². The van der Waals surface area contributed by atoms with Crippen molar-refractivity contribution in [2.75, 3.05) is 19.6 Å². The minimum absolute atomic E-state index is 0.0497. The van der Waals surface area contributed by atoms with Gasteiger partial charge in [-0.05, 0) is 73.2 Å². The first-order valence-electron chi connectivity index (χ1n) is 11.3. The Bertz CT molecular complexity index is 1130. The van der Waals surface area contributed by atoms with Gasteiger partial charge in [0, 0.05) is 37.6 Å². The molecule has 0 aliphatic carbocycles. The van der Waals surface area contributed by atoms with Crippen LogP contribution in [0.3, 0.4) is 0 Å². The number of rotatable bonds is 6. The van der Waals surface area contributed by atoms with Crippen molar-refractivity contribution in [3.63, 3.8) is 0 Å². The molecule has 1 aliphatic heterocycles. The van der Waals surface area contributed by atoms with Crippen LogP contribution in [-0.2, 0) is 11.2 Å². The summed E-state index contributed by atoms with van der Waals surface area (Å²) in [6, 6.07) is 17.7. The quantitative estimate of drug-likeness (QED) is 0.608. The van der Waals surface area contributed by atoms with E-state index in [4.69, 9.17) is 0 Å². The molecule has 1 fully saturated rings. The number of pyridine rings is 1. The molecule has 3 aromatic rings. The molecule has 1 N–H and O–H groups in total. The van der Waals surface area contributed by atoms with Gasteiger partial charge in [-0.15, -0.1) is 0 Å². The smallest absolute Gasteiger partial charge is 0.253 e. The lowest BCUT2D eigenvalue weighted by Gasteiger charge is -2.42. The molecule has 1 atom stereocenters. The molecule has 4 rings (SSSR count). The minimum Gasteiger partial charge on any atom is -0.356 e. The average Bonchev–Trinajstić information content (AvgIpc) is 2.85. The molecule has 33 heavy (non-hydrogen) atoms. The van der Waals surface area contributed by atoms with Crippen LogP contribution >= 0.6 is 0 Å². The molecular formula is C27H28FN3O2. The van der Waals surface area contributed by atoms with Gasteiger partial charge in [-0.25, -0.2) is 4.39 Å². The largest absolute Gasteiger partial charge is 0.356 e. The van der Waals surface area contributed by atoms with Crippen LogP contribution in [0.4, 0.5) is 4.39 Å². The number of amides is 2. The fourth-order valence-corrected chi connectivity index (χ4v) is 4.72. The summed E-state index contributed by atoms with van der Waals surface area (Å²) in [5.41, 5.74) is 2.68. The summed E-state index contributed by atoms with van der Waals surface area (Å²) in [4.78, 5) is 32.4. The first kappa shape index (κ1) is 22.6. The third-order valence-corrected chi connectivity index (χ3v) is 6.29. The number of carbonyl (C=O) groups is 2. The Hall–Kier alpha value is -3.54. The first-order chi connectivity index (χ1) is 16.0. The number of halogens is 1. The lowest BCUT2D eigenvalue weighted by Crippen LogP contribution is -2.54. The number of aromatic nitrogens is 1. The third kappa shape index (κ3) is 4.95. The van der Waals surface area contributed by atoms with E-state index in [9.17, 15) is 14.0 Å². The second-order valence-corrected chi connectivity index (χ2v) is 8.55. The van der Waals surface area contributed by atoms with Gasteiger partial charge in [-0.1, -0.05) is 30.3 Å². The molecule has 0 bridgehead atoms. The number of benzene rings is 2. The molecule has 0 saturated carbocycles. The van der Waals surface area contributed by atoms with E-state index < -0.39 is 11.2 Å². The molecule has 2 amide bonds. The Morgan fingerprint density at radius 2 is 1.88 bits per heavy atom. The zero-order valence-electron chi connectivity index (χ0n) is 18.8. The predicted molar refractivity (Wildman–Crippen MR) is 126 cm³/mol. The van der Waals surface area contributed by atoms with Crippen molar-refractivity contribution >= 4 is 11.8 Å². The zero-order valence-corrected chi connectivity index (χ0v) is 18.8. The van der Waals surface area contributed by atoms with Gasteiger partial charge >= 0.3 is 0 Å². The first-order valence-corrected chi connectivity index (χ1v) is 11.3. The summed E-state index contributed by atoms with van der Waals surface area (Å²) in [5.74, 6) is -0.740. The van der Waals surface area contributed by atoms with Crippen LogP contribution < -0.4 is 5.32 Å². The van der Waals surface area contributed by atoms with Crippen LogP contribution in [0.5, 0.6) is 0 Å². The molecule has 0 radical (unpaired) electrons. The monoisotopic (exact) mass is 445 g/mol. The lowest BCUT2D eigenvalue weighted by molar-refractivity contribution is -0.133. The van der Waals surface area contributed by atoms with E-state index in [0.29, 0.717) is 44.5 Å². The standard InChI is InChI=1S/C27H28FN3O2/c1-2-30-26(33)27(18-22-7-3-4-10-24(22)20-11-14-29-15-12-20)13-6-16-31(19-27)25(32)21-8-5-9-23(28)17-21/h3-5,7-12,14-15,17H,2,6,13,16,18-19H2,1H3,(H,30,33)/t27-/m0/s1. The Morgan fingerprint density at radius 1 is 1.09 bits per heavy atom. The van der Waals surface area contributed by atoms with Crippen molar-refractivity contribution < 1.29 is 14.0 Å². The van der Waals surface area contributed by atoms with Crippen LogP contribution in [-0.4, -0.2) is 41.3 Å². The molecule has 1 saturated heterocycles. The van der Waals surface area contributed by atoms with Crippen molar-refractivity contribution in [2.24, 2.45) is 5.41 Å². The minimum atomic E-state index is -0.764. The van der Waals surface area contributed by atoms with Crippen molar-refractivity contribution in [3.05, 3.63) is 90.0 Å². The van der Waals surface area contributed by atoms with Gasteiger partial charge in [0.25, 0.3) is 5.91 Å². The van der Waals surface area contributed by atoms with Gasteiger partial charge in [0.1, 0.15) is 5.82 Å². The summed E-state index contributed by atoms with van der Waals surface area (Å²) in [6.07, 6.45) is 5.40. The maximum atomic E-state index is 13.7. The summed E-state index contributed by atoms with van der Waals surface area (Å²) >= 11 is 0. The number of hydrogen-bond donors (Lipinski definition) is 1. The molecule has 0 unspecified atom stereocenters. The van der Waals surface area contributed by atoms with Gasteiger partial charge < -0.3 is 10.2 Å². The van der Waals surface area contributed by atoms with Crippen molar-refractivity contribution in [2.45, 2.75) is 26.2 Å². The van der Waals surface area contributed by atoms with Gasteiger partial charge in [-0.2, -0.15) is 0 Å². The van der Waals surface area contributed by atoms with Crippen molar-refractivity contribution in [1.82, 2.24) is 15.2 Å². The fraction of sp³-hybridized carbons (Fsp3) is 0.296. The van der Waals surface area contributed by atoms with Crippen molar-refractivity contribution in [3.8, 4) is 11.1 Å². The van der Waals surface area contributed by atoms with Gasteiger partial charge in [-0.3, -0.25) is 14.6 Å². The van der Waals surface area contributed by atoms with E-state index >= 15 is 0 Å². The Morgan fingerprint density at radius 3 is 2.64 bits per heavy atom. The van der Waals surface area contributed by atoms with E-state index in [0.717, 1.165) is 16.7 Å². The maximum Gasteiger partial charge on any atom is 0.253 e. The molecule has 2 heterocycles. The molecule has 170 valence electrons. The molecule has 2 aromatic carbocycles. The van der Waals surface area contributed by atoms with E-state index in [-0.39, 0.29) is 11.8 Å². The molecule has 6 heteroatoms. The lowest BCUT2D eigenvalue weighted by atomic mass is 9.73. The summed E-state index contributed by atoms with van der Waals surface area (Å²) in [6.45, 7) is 3.25. The van der Waals surface area contributed by atoms with Gasteiger partial charge in [0.2, 0.25) is 5.91 Å². The van der Waals surface area contributed by atoms with Gasteiger partial charge in [0.05, 0.1) is 5.41 Å². The average molecular weight is 446 g/mol. The number of carbonyl (C=O) groups excluding carboxylic acids is 2. The Kier molecular flexibility index (Phi) is 6.82. The van der Waals surface area contributed by atoms with Crippen LogP contribution in [0, 0.1) is 11.2 Å². The van der Waals surface area contributed by atoms with E-state index in [1.807, 2.05) is 37.3 Å². The highest BCUT2D eigenvalue weighted by Crippen LogP contribution is 2.37. The second-order valence-electron chi connectivity index (χ2n) is 8.55. The topological polar surface area (TPSA) is 62.3 Å². The normalized spacial score (nSPS) is 18.1. The van der Waals surface area contributed by atoms with Gasteiger partial charge in [0.15, 0.2) is 0 Å². The molecular weight excluding hydrogens is 417 g/mol. The summed E-state index contributed by atoms with van der Waals surface area (Å²) in [5, 5.41) is 3.00. The van der Waals surface area contributed by atoms with Crippen LogP contribution in [0.1, 0.15) is 35.7 Å². The van der Waals surface area contributed by atoms with Crippen LogP contribution in [0.15, 0.2) is 73.1 Å². The van der Waals surface area contributed by atoms with Crippen molar-refractivity contribution in [1.29, 1.82) is 0 Å². The number of nitrogens with zero attached hydrogens (tertiary/aromatic N) is 2. The highest BCUT2D eigenvalue weighted by atomic mass is 19.1. The van der Waals surface area contributed by atoms with Crippen LogP contribution in [0.25, 0.3) is 11.1 Å². The highest BCUT2D eigenvalue weighted by Gasteiger charge is 2.43. The number of nitrogens with one attached hydrogen (secondary N) is 1. The van der Waals surface area contributed by atoms with E-state index in [1.165, 1.54) is 18.2 Å². The molecule has 1 aliphatic rings. The molecule has 1 aromatic heterocycles. The Labute approximate surface area is 193 Å². The maximum absolute atomic E-state index is 13.7. The SMILES string of the molecule is CCNC(=O)[C@]1(Cc2ccccc2-c2ccncc2)CCCN(C(=O)c2cccc(F)c2)C1. The summed E-state index contributed by atoms with van der Waals surface area (Å²) < 4.78 is 13.7. The Balaban J connectivity index is 1.68. The second kappa shape index (κ2) is 9.94. The zero-order chi connectivity index (χ0) is 23.3. The van der Waals surface area contributed by atoms with E-state index in [1.54, 1.807) is 23.4 Å². The number of hydrogen-bond acceptors (Lipinski definition) is 3. The van der Waals surface area contributed by atoms with E-state index in [2.05, 4.69) is 16.4 Å². The fourth-order valence-electron chi connectivity index (χ4n) is 4.72.